The first-order valence-corrected chi connectivity index (χ1v) is 11.4. The van der Waals surface area contributed by atoms with E-state index in [1.54, 1.807) is 0 Å². The van der Waals surface area contributed by atoms with E-state index in [4.69, 9.17) is 0 Å². The average Bonchev–Trinajstić information content (AvgIpc) is 2.87. The van der Waals surface area contributed by atoms with Crippen LogP contribution in [0.4, 0.5) is 19.1 Å². The van der Waals surface area contributed by atoms with Gasteiger partial charge in [0.2, 0.25) is 5.95 Å². The zero-order valence-corrected chi connectivity index (χ0v) is 18.5. The van der Waals surface area contributed by atoms with Crippen LogP contribution in [0.5, 0.6) is 0 Å². The number of aliphatic hydroxyl groups excluding tert-OH is 1. The molecular formula is C22H32ClF3N4O. The van der Waals surface area contributed by atoms with Crippen molar-refractivity contribution in [3.63, 3.8) is 0 Å². The number of aliphatic hydroxyl groups is 1. The average molecular weight is 461 g/mol. The minimum Gasteiger partial charge on any atom is -0.393 e. The van der Waals surface area contributed by atoms with E-state index in [1.807, 2.05) is 4.90 Å². The second-order valence-electron chi connectivity index (χ2n) is 10.2. The fourth-order valence-corrected chi connectivity index (χ4v) is 6.69. The number of likely N-dealkylation sites (tertiary alicyclic amines) is 1. The molecule has 0 aromatic carbocycles. The van der Waals surface area contributed by atoms with Gasteiger partial charge >= 0.3 is 6.18 Å². The number of piperidine rings is 1. The summed E-state index contributed by atoms with van der Waals surface area (Å²) in [6.07, 6.45) is 5.73. The maximum atomic E-state index is 13.8. The number of fused-ring (bicyclic) bond motifs is 1. The van der Waals surface area contributed by atoms with E-state index >= 15 is 0 Å². The maximum Gasteiger partial charge on any atom is 0.433 e. The highest BCUT2D eigenvalue weighted by molar-refractivity contribution is 5.85. The molecule has 2 heterocycles. The van der Waals surface area contributed by atoms with Crippen LogP contribution < -0.4 is 5.32 Å². The van der Waals surface area contributed by atoms with Crippen molar-refractivity contribution >= 4 is 18.4 Å². The predicted molar refractivity (Wildman–Crippen MR) is 114 cm³/mol. The first-order valence-electron chi connectivity index (χ1n) is 11.4. The molecule has 9 heteroatoms. The van der Waals surface area contributed by atoms with Gasteiger partial charge in [-0.15, -0.1) is 12.4 Å². The van der Waals surface area contributed by atoms with Crippen LogP contribution in [0, 0.1) is 17.8 Å². The van der Waals surface area contributed by atoms with Crippen LogP contribution >= 0.6 is 12.4 Å². The van der Waals surface area contributed by atoms with E-state index in [0.29, 0.717) is 37.8 Å². The van der Waals surface area contributed by atoms with Gasteiger partial charge in [-0.3, -0.25) is 4.90 Å². The van der Waals surface area contributed by atoms with E-state index in [2.05, 4.69) is 15.3 Å². The van der Waals surface area contributed by atoms with E-state index in [1.165, 1.54) is 25.5 Å². The molecule has 1 aromatic rings. The van der Waals surface area contributed by atoms with Crippen molar-refractivity contribution in [1.82, 2.24) is 14.9 Å². The molecule has 1 aromatic heterocycles. The molecule has 4 saturated carbocycles. The number of nitrogens with zero attached hydrogens (tertiary/aromatic N) is 3. The Morgan fingerprint density at radius 2 is 1.71 bits per heavy atom. The Hall–Kier alpha value is -1.12. The normalized spacial score (nSPS) is 33.7. The summed E-state index contributed by atoms with van der Waals surface area (Å²) in [6, 6.07) is 0. The molecule has 2 atom stereocenters. The summed E-state index contributed by atoms with van der Waals surface area (Å²) in [5.41, 5.74) is -0.856. The van der Waals surface area contributed by atoms with Crippen LogP contribution in [0.15, 0.2) is 6.20 Å². The highest BCUT2D eigenvalue weighted by Crippen LogP contribution is 2.53. The molecule has 0 spiro atoms. The van der Waals surface area contributed by atoms with Gasteiger partial charge in [-0.25, -0.2) is 9.97 Å². The molecule has 1 aliphatic heterocycles. The van der Waals surface area contributed by atoms with Gasteiger partial charge in [-0.2, -0.15) is 13.2 Å². The fraction of sp³-hybridized carbons (Fsp3) is 0.818. The molecule has 2 N–H and O–H groups in total. The molecular weight excluding hydrogens is 429 g/mol. The molecule has 4 aliphatic carbocycles. The molecule has 31 heavy (non-hydrogen) atoms. The molecule has 5 fully saturated rings. The SMILES string of the molecule is Cl.OC1CCN(Cc2cnc(NC34CCC5CC(CC(C5)C3)C4)nc2C(F)(F)F)CC1. The molecule has 0 amide bonds. The zero-order valence-electron chi connectivity index (χ0n) is 17.7. The molecule has 4 bridgehead atoms. The highest BCUT2D eigenvalue weighted by Gasteiger charge is 2.48. The van der Waals surface area contributed by atoms with Crippen molar-refractivity contribution in [3.05, 3.63) is 17.5 Å². The Balaban J connectivity index is 0.00000231. The van der Waals surface area contributed by atoms with Crippen molar-refractivity contribution in [2.24, 2.45) is 17.8 Å². The summed E-state index contributed by atoms with van der Waals surface area (Å²) in [6.45, 7) is 1.34. The lowest BCUT2D eigenvalue weighted by atomic mass is 9.65. The van der Waals surface area contributed by atoms with Crippen LogP contribution in [-0.4, -0.2) is 44.7 Å². The van der Waals surface area contributed by atoms with E-state index in [0.717, 1.165) is 31.6 Å². The van der Waals surface area contributed by atoms with Crippen molar-refractivity contribution in [3.8, 4) is 0 Å². The van der Waals surface area contributed by atoms with Gasteiger partial charge in [-0.05, 0) is 75.5 Å². The quantitative estimate of drug-likeness (QED) is 0.685. The largest absolute Gasteiger partial charge is 0.433 e. The number of halogens is 4. The summed E-state index contributed by atoms with van der Waals surface area (Å²) in [5, 5.41) is 13.0. The van der Waals surface area contributed by atoms with Gasteiger partial charge < -0.3 is 10.4 Å². The van der Waals surface area contributed by atoms with Crippen LogP contribution in [-0.2, 0) is 12.7 Å². The van der Waals surface area contributed by atoms with Crippen LogP contribution in [0.3, 0.4) is 0 Å². The minimum absolute atomic E-state index is 0. The topological polar surface area (TPSA) is 61.3 Å². The summed E-state index contributed by atoms with van der Waals surface area (Å²) in [7, 11) is 0. The lowest BCUT2D eigenvalue weighted by molar-refractivity contribution is -0.142. The number of aromatic nitrogens is 2. The Morgan fingerprint density at radius 3 is 2.35 bits per heavy atom. The van der Waals surface area contributed by atoms with Gasteiger partial charge in [0, 0.05) is 36.9 Å². The third-order valence-corrected chi connectivity index (χ3v) is 7.85. The zero-order chi connectivity index (χ0) is 20.9. The van der Waals surface area contributed by atoms with Gasteiger partial charge in [0.05, 0.1) is 6.10 Å². The Bertz CT molecular complexity index is 771. The second kappa shape index (κ2) is 8.67. The Labute approximate surface area is 187 Å². The third-order valence-electron chi connectivity index (χ3n) is 7.85. The van der Waals surface area contributed by atoms with Crippen molar-refractivity contribution < 1.29 is 18.3 Å². The number of anilines is 1. The monoisotopic (exact) mass is 460 g/mol. The summed E-state index contributed by atoms with van der Waals surface area (Å²) >= 11 is 0. The smallest absolute Gasteiger partial charge is 0.393 e. The van der Waals surface area contributed by atoms with Gasteiger partial charge in [0.1, 0.15) is 0 Å². The second-order valence-corrected chi connectivity index (χ2v) is 10.2. The number of hydrogen-bond donors (Lipinski definition) is 2. The van der Waals surface area contributed by atoms with Crippen molar-refractivity contribution in [1.29, 1.82) is 0 Å². The number of hydrogen-bond acceptors (Lipinski definition) is 5. The predicted octanol–water partition coefficient (Wildman–Crippen LogP) is 4.64. The molecule has 1 saturated heterocycles. The van der Waals surface area contributed by atoms with Gasteiger partial charge in [0.15, 0.2) is 5.69 Å². The number of nitrogens with one attached hydrogen (secondary N) is 1. The Morgan fingerprint density at radius 1 is 1.06 bits per heavy atom. The standard InChI is InChI=1S/C22H31F3N4O.ClH/c23-22(24,25)19-17(13-29-5-2-18(30)3-6-29)12-26-20(27-19)28-21-4-1-14-7-15(10-21)9-16(8-14)11-21;/h12,14-16,18,30H,1-11,13H2,(H,26,27,28);1H. The first-order chi connectivity index (χ1) is 14.3. The van der Waals surface area contributed by atoms with E-state index in [-0.39, 0.29) is 42.1 Å². The molecule has 5 nitrogen and oxygen atoms in total. The number of alkyl halides is 3. The maximum absolute atomic E-state index is 13.8. The first kappa shape index (κ1) is 23.1. The van der Waals surface area contributed by atoms with E-state index < -0.39 is 11.9 Å². The molecule has 174 valence electrons. The third kappa shape index (κ3) is 4.96. The fourth-order valence-electron chi connectivity index (χ4n) is 6.69. The molecule has 2 unspecified atom stereocenters. The van der Waals surface area contributed by atoms with Gasteiger partial charge in [-0.1, -0.05) is 0 Å². The highest BCUT2D eigenvalue weighted by atomic mass is 35.5. The van der Waals surface area contributed by atoms with Crippen LogP contribution in [0.1, 0.15) is 69.0 Å². The Kier molecular flexibility index (Phi) is 6.45. The summed E-state index contributed by atoms with van der Waals surface area (Å²) in [4.78, 5) is 10.3. The van der Waals surface area contributed by atoms with Crippen molar-refractivity contribution in [2.75, 3.05) is 18.4 Å². The van der Waals surface area contributed by atoms with Crippen LogP contribution in [0.25, 0.3) is 0 Å². The molecule has 0 radical (unpaired) electrons. The minimum atomic E-state index is -4.51. The lowest BCUT2D eigenvalue weighted by Crippen LogP contribution is -2.45. The number of rotatable bonds is 4. The summed E-state index contributed by atoms with van der Waals surface area (Å²) < 4.78 is 41.5. The molecule has 6 rings (SSSR count). The van der Waals surface area contributed by atoms with Crippen molar-refractivity contribution in [2.45, 2.75) is 82.2 Å². The summed E-state index contributed by atoms with van der Waals surface area (Å²) in [5.74, 6) is 2.29. The lowest BCUT2D eigenvalue weighted by Gasteiger charge is -2.45. The molecule has 5 aliphatic rings. The van der Waals surface area contributed by atoms with E-state index in [9.17, 15) is 18.3 Å². The van der Waals surface area contributed by atoms with Crippen LogP contribution in [0.2, 0.25) is 0 Å². The van der Waals surface area contributed by atoms with Gasteiger partial charge in [0.25, 0.3) is 0 Å².